The third kappa shape index (κ3) is 6.39. The molecule has 1 aliphatic carbocycles. The van der Waals surface area contributed by atoms with E-state index in [1.54, 1.807) is 0 Å². The first-order chi connectivity index (χ1) is 16.8. The van der Waals surface area contributed by atoms with E-state index in [9.17, 15) is 9.59 Å². The highest BCUT2D eigenvalue weighted by Gasteiger charge is 2.37. The summed E-state index contributed by atoms with van der Waals surface area (Å²) in [7, 11) is 0. The second kappa shape index (κ2) is 12.2. The largest absolute Gasteiger partial charge is 0.459 e. The molecule has 0 saturated heterocycles. The maximum atomic E-state index is 13.8. The number of ether oxygens (including phenoxy) is 1. The smallest absolute Gasteiger partial charge is 0.335 e. The zero-order valence-electron chi connectivity index (χ0n) is 22.2. The second-order valence-corrected chi connectivity index (χ2v) is 10.1. The van der Waals surface area contributed by atoms with Gasteiger partial charge in [-0.3, -0.25) is 4.79 Å². The van der Waals surface area contributed by atoms with Crippen molar-refractivity contribution in [2.45, 2.75) is 91.6 Å². The van der Waals surface area contributed by atoms with Crippen LogP contribution in [0.5, 0.6) is 0 Å². The van der Waals surface area contributed by atoms with Crippen molar-refractivity contribution in [3.63, 3.8) is 0 Å². The van der Waals surface area contributed by atoms with Crippen molar-refractivity contribution in [1.29, 1.82) is 0 Å². The Morgan fingerprint density at radius 1 is 0.971 bits per heavy atom. The zero-order chi connectivity index (χ0) is 25.5. The summed E-state index contributed by atoms with van der Waals surface area (Å²) in [6, 6.07) is 18.5. The van der Waals surface area contributed by atoms with Gasteiger partial charge in [0.25, 0.3) is 0 Å². The molecule has 3 atom stereocenters. The summed E-state index contributed by atoms with van der Waals surface area (Å²) in [4.78, 5) is 27.4. The van der Waals surface area contributed by atoms with E-state index in [4.69, 9.17) is 4.74 Å². The summed E-state index contributed by atoms with van der Waals surface area (Å²) >= 11 is 0. The lowest BCUT2D eigenvalue weighted by molar-refractivity contribution is -0.145. The number of carbonyl (C=O) groups is 2. The fourth-order valence-electron chi connectivity index (χ4n) is 5.22. The Labute approximate surface area is 211 Å². The van der Waals surface area contributed by atoms with Gasteiger partial charge >= 0.3 is 5.97 Å². The molecule has 2 aromatic carbocycles. The predicted molar refractivity (Wildman–Crippen MR) is 143 cm³/mol. The van der Waals surface area contributed by atoms with Gasteiger partial charge in [0, 0.05) is 23.5 Å². The van der Waals surface area contributed by atoms with E-state index in [2.05, 4.69) is 50.2 Å². The summed E-state index contributed by atoms with van der Waals surface area (Å²) in [6.45, 7) is 12.2. The molecule has 0 aliphatic heterocycles. The van der Waals surface area contributed by atoms with Gasteiger partial charge in [-0.1, -0.05) is 91.6 Å². The van der Waals surface area contributed by atoms with Gasteiger partial charge in [0.2, 0.25) is 0 Å². The third-order valence-electron chi connectivity index (χ3n) is 7.10. The van der Waals surface area contributed by atoms with E-state index < -0.39 is 5.92 Å². The summed E-state index contributed by atoms with van der Waals surface area (Å²) < 4.78 is 6.01. The van der Waals surface area contributed by atoms with Crippen LogP contribution in [0.4, 0.5) is 0 Å². The van der Waals surface area contributed by atoms with Crippen molar-refractivity contribution in [1.82, 2.24) is 0 Å². The van der Waals surface area contributed by atoms with Gasteiger partial charge in [0.05, 0.1) is 0 Å². The Kier molecular flexibility index (Phi) is 9.26. The number of esters is 1. The van der Waals surface area contributed by atoms with Crippen LogP contribution in [0.15, 0.2) is 76.9 Å². The molecule has 3 heteroatoms. The van der Waals surface area contributed by atoms with E-state index >= 15 is 0 Å². The quantitative estimate of drug-likeness (QED) is 0.274. The number of ketones is 1. The van der Waals surface area contributed by atoms with Crippen LogP contribution in [0.3, 0.4) is 0 Å². The highest BCUT2D eigenvalue weighted by molar-refractivity contribution is 6.03. The number of hydrogen-bond donors (Lipinski definition) is 0. The van der Waals surface area contributed by atoms with E-state index in [-0.39, 0.29) is 23.8 Å². The Balaban J connectivity index is 2.09. The first kappa shape index (κ1) is 26.7. The standard InChI is InChI=1S/C32H40O3/c1-7-12-27(8-2)35-32(34)29(21(3)4)31(25-17-15-22(5)16-18-25)30-23(6)19-26(20-28(30)33)24-13-10-9-11-14-24/h9-11,13-18,26-27,31H,7-8,12,19-20H2,1-6H3. The number of aryl methyl sites for hydroxylation is 1. The van der Waals surface area contributed by atoms with Gasteiger partial charge in [-0.2, -0.15) is 0 Å². The molecule has 1 aliphatic rings. The minimum absolute atomic E-state index is 0.111. The molecular formula is C32H40O3. The first-order valence-corrected chi connectivity index (χ1v) is 13.0. The van der Waals surface area contributed by atoms with Gasteiger partial charge in [-0.05, 0) is 64.0 Å². The van der Waals surface area contributed by atoms with Gasteiger partial charge < -0.3 is 4.74 Å². The van der Waals surface area contributed by atoms with Crippen LogP contribution in [-0.4, -0.2) is 17.9 Å². The maximum absolute atomic E-state index is 13.8. The molecule has 186 valence electrons. The normalized spacial score (nSPS) is 17.7. The van der Waals surface area contributed by atoms with Crippen LogP contribution in [0.25, 0.3) is 0 Å². The average Bonchev–Trinajstić information content (AvgIpc) is 2.83. The van der Waals surface area contributed by atoms with Crippen molar-refractivity contribution in [2.75, 3.05) is 0 Å². The van der Waals surface area contributed by atoms with Gasteiger partial charge in [-0.25, -0.2) is 4.79 Å². The minimum Gasteiger partial charge on any atom is -0.459 e. The van der Waals surface area contributed by atoms with Crippen LogP contribution >= 0.6 is 0 Å². The lowest BCUT2D eigenvalue weighted by atomic mass is 9.71. The zero-order valence-corrected chi connectivity index (χ0v) is 22.2. The Morgan fingerprint density at radius 3 is 2.17 bits per heavy atom. The molecule has 0 bridgehead atoms. The molecule has 0 amide bonds. The van der Waals surface area contributed by atoms with Crippen molar-refractivity contribution in [3.05, 3.63) is 93.6 Å². The Morgan fingerprint density at radius 2 is 1.63 bits per heavy atom. The lowest BCUT2D eigenvalue weighted by Gasteiger charge is -2.32. The molecule has 3 rings (SSSR count). The molecular weight excluding hydrogens is 432 g/mol. The van der Waals surface area contributed by atoms with Crippen molar-refractivity contribution >= 4 is 11.8 Å². The highest BCUT2D eigenvalue weighted by atomic mass is 16.5. The summed E-state index contributed by atoms with van der Waals surface area (Å²) in [6.07, 6.45) is 3.74. The molecule has 35 heavy (non-hydrogen) atoms. The van der Waals surface area contributed by atoms with E-state index in [1.165, 1.54) is 5.56 Å². The molecule has 0 N–H and O–H groups in total. The second-order valence-electron chi connectivity index (χ2n) is 10.1. The van der Waals surface area contributed by atoms with Crippen molar-refractivity contribution in [2.24, 2.45) is 0 Å². The summed E-state index contributed by atoms with van der Waals surface area (Å²) in [5, 5.41) is 0. The fourth-order valence-corrected chi connectivity index (χ4v) is 5.22. The van der Waals surface area contributed by atoms with Crippen LogP contribution in [0, 0.1) is 6.92 Å². The number of allylic oxidation sites excluding steroid dienone is 3. The van der Waals surface area contributed by atoms with Gasteiger partial charge in [0.15, 0.2) is 5.78 Å². The van der Waals surface area contributed by atoms with E-state index in [0.29, 0.717) is 12.0 Å². The number of Topliss-reactive ketones (excluding diaryl/α,β-unsaturated/α-hetero) is 1. The van der Waals surface area contributed by atoms with E-state index in [1.807, 2.05) is 45.9 Å². The molecule has 3 nitrogen and oxygen atoms in total. The van der Waals surface area contributed by atoms with Crippen LogP contribution < -0.4 is 0 Å². The maximum Gasteiger partial charge on any atom is 0.335 e. The SMILES string of the molecule is CCCC(CC)OC(=O)C(=C(C)C)C(C1=C(C)CC(c2ccccc2)CC1=O)c1ccc(C)cc1. The van der Waals surface area contributed by atoms with Gasteiger partial charge in [-0.15, -0.1) is 0 Å². The van der Waals surface area contributed by atoms with Crippen molar-refractivity contribution < 1.29 is 14.3 Å². The summed E-state index contributed by atoms with van der Waals surface area (Å²) in [5.41, 5.74) is 6.62. The molecule has 0 aromatic heterocycles. The molecule has 0 radical (unpaired) electrons. The fraction of sp³-hybridized carbons (Fsp3) is 0.438. The lowest BCUT2D eigenvalue weighted by Crippen LogP contribution is -2.28. The molecule has 0 heterocycles. The average molecular weight is 473 g/mol. The number of benzene rings is 2. The minimum atomic E-state index is -0.420. The van der Waals surface area contributed by atoms with Crippen molar-refractivity contribution in [3.8, 4) is 0 Å². The predicted octanol–water partition coefficient (Wildman–Crippen LogP) is 8.00. The van der Waals surface area contributed by atoms with Crippen LogP contribution in [0.1, 0.15) is 95.2 Å². The first-order valence-electron chi connectivity index (χ1n) is 13.0. The molecule has 3 unspecified atom stereocenters. The Hall–Kier alpha value is -2.94. The Bertz CT molecular complexity index is 1090. The van der Waals surface area contributed by atoms with Gasteiger partial charge in [0.1, 0.15) is 6.10 Å². The molecule has 0 fully saturated rings. The monoisotopic (exact) mass is 472 g/mol. The van der Waals surface area contributed by atoms with Crippen LogP contribution in [0.2, 0.25) is 0 Å². The summed E-state index contributed by atoms with van der Waals surface area (Å²) in [5.74, 6) is -0.423. The number of carbonyl (C=O) groups excluding carboxylic acids is 2. The highest BCUT2D eigenvalue weighted by Crippen LogP contribution is 2.44. The van der Waals surface area contributed by atoms with Crippen LogP contribution in [-0.2, 0) is 14.3 Å². The number of rotatable bonds is 9. The number of hydrogen-bond acceptors (Lipinski definition) is 3. The topological polar surface area (TPSA) is 43.4 Å². The van der Waals surface area contributed by atoms with E-state index in [0.717, 1.165) is 53.5 Å². The third-order valence-corrected chi connectivity index (χ3v) is 7.10. The molecule has 0 spiro atoms. The molecule has 0 saturated carbocycles. The molecule has 2 aromatic rings.